The fraction of sp³-hybridized carbons (Fsp3) is 0.346. The maximum absolute atomic E-state index is 13.6. The van der Waals surface area contributed by atoms with E-state index in [9.17, 15) is 18.8 Å². The molecule has 1 aliphatic carbocycles. The number of aromatic nitrogens is 2. The third-order valence-electron chi connectivity index (χ3n) is 5.91. The highest BCUT2D eigenvalue weighted by atomic mass is 19.1. The normalized spacial score (nSPS) is 14.4. The number of benzene rings is 2. The van der Waals surface area contributed by atoms with Crippen LogP contribution in [0.25, 0.3) is 0 Å². The summed E-state index contributed by atoms with van der Waals surface area (Å²) in [6.45, 7) is 0.127. The van der Waals surface area contributed by atoms with Gasteiger partial charge in [-0.05, 0) is 36.6 Å². The summed E-state index contributed by atoms with van der Waals surface area (Å²) in [5, 5.41) is 3.21. The molecule has 3 aromatic rings. The van der Waals surface area contributed by atoms with E-state index >= 15 is 0 Å². The molecule has 0 aliphatic heterocycles. The van der Waals surface area contributed by atoms with E-state index in [1.165, 1.54) is 48.4 Å². The Bertz CT molecular complexity index is 1110. The summed E-state index contributed by atoms with van der Waals surface area (Å²) >= 11 is 0. The van der Waals surface area contributed by atoms with E-state index in [0.717, 1.165) is 18.4 Å². The van der Waals surface area contributed by atoms with Crippen molar-refractivity contribution in [3.63, 3.8) is 0 Å². The molecule has 1 atom stereocenters. The number of hydrogen-bond donors (Lipinski definition) is 2. The van der Waals surface area contributed by atoms with Crippen molar-refractivity contribution >= 4 is 17.9 Å². The van der Waals surface area contributed by atoms with E-state index in [-0.39, 0.29) is 30.0 Å². The molecular formula is C26H31FN4O3. The Morgan fingerprint density at radius 3 is 2.53 bits per heavy atom. The number of imidazole rings is 1. The summed E-state index contributed by atoms with van der Waals surface area (Å²) in [7, 11) is 1.84. The van der Waals surface area contributed by atoms with Gasteiger partial charge in [-0.2, -0.15) is 0 Å². The number of H-pyrrole nitrogens is 1. The van der Waals surface area contributed by atoms with Gasteiger partial charge in [0.15, 0.2) is 0 Å². The van der Waals surface area contributed by atoms with E-state index in [1.807, 2.05) is 48.3 Å². The van der Waals surface area contributed by atoms with Gasteiger partial charge in [0.1, 0.15) is 18.1 Å². The Morgan fingerprint density at radius 2 is 1.91 bits per heavy atom. The first-order chi connectivity index (χ1) is 16.5. The molecule has 2 N–H and O–H groups in total. The third kappa shape index (κ3) is 6.91. The van der Waals surface area contributed by atoms with Crippen molar-refractivity contribution < 1.29 is 14.0 Å². The average Bonchev–Trinajstić information content (AvgIpc) is 3.25. The molecule has 4 rings (SSSR count). The van der Waals surface area contributed by atoms with Crippen LogP contribution in [0.1, 0.15) is 43.7 Å². The number of carbonyl (C=O) groups excluding carboxylic acids is 2. The predicted octanol–water partition coefficient (Wildman–Crippen LogP) is 3.83. The molecule has 8 heteroatoms. The molecule has 2 aromatic carbocycles. The lowest BCUT2D eigenvalue weighted by Gasteiger charge is -2.32. The van der Waals surface area contributed by atoms with Gasteiger partial charge in [0.2, 0.25) is 5.91 Å². The van der Waals surface area contributed by atoms with E-state index in [2.05, 4.69) is 10.3 Å². The lowest BCUT2D eigenvalue weighted by molar-refractivity contribution is -0.123. The molecular weight excluding hydrogens is 435 g/mol. The third-order valence-corrected chi connectivity index (χ3v) is 5.91. The average molecular weight is 467 g/mol. The second-order valence-electron chi connectivity index (χ2n) is 8.33. The van der Waals surface area contributed by atoms with Crippen LogP contribution in [0, 0.1) is 5.82 Å². The molecule has 0 saturated heterocycles. The fourth-order valence-electron chi connectivity index (χ4n) is 4.13. The van der Waals surface area contributed by atoms with E-state index < -0.39 is 6.04 Å². The molecule has 0 radical (unpaired) electrons. The molecule has 1 saturated carbocycles. The molecule has 1 fully saturated rings. The highest BCUT2D eigenvalue weighted by Gasteiger charge is 2.28. The number of aromatic amines is 1. The minimum absolute atomic E-state index is 0.0233. The predicted molar refractivity (Wildman–Crippen MR) is 130 cm³/mol. The number of amides is 1. The van der Waals surface area contributed by atoms with Gasteiger partial charge in [-0.3, -0.25) is 9.36 Å². The van der Waals surface area contributed by atoms with Crippen LogP contribution in [0.15, 0.2) is 71.8 Å². The molecule has 1 amide bonds. The second-order valence-corrected chi connectivity index (χ2v) is 8.33. The van der Waals surface area contributed by atoms with Crippen molar-refractivity contribution in [2.24, 2.45) is 0 Å². The molecule has 1 heterocycles. The molecule has 1 aromatic heterocycles. The lowest BCUT2D eigenvalue weighted by Crippen LogP contribution is -2.44. The molecule has 180 valence electrons. The summed E-state index contributed by atoms with van der Waals surface area (Å²) < 4.78 is 14.9. The van der Waals surface area contributed by atoms with Crippen molar-refractivity contribution in [2.45, 2.75) is 50.7 Å². The van der Waals surface area contributed by atoms with Crippen LogP contribution in [-0.4, -0.2) is 34.8 Å². The van der Waals surface area contributed by atoms with Crippen LogP contribution in [0.5, 0.6) is 0 Å². The van der Waals surface area contributed by atoms with Gasteiger partial charge in [-0.1, -0.05) is 55.7 Å². The maximum Gasteiger partial charge on any atom is 0.325 e. The Balaban J connectivity index is 0.000000302. The number of carbonyl (C=O) groups is 2. The number of rotatable bonds is 7. The van der Waals surface area contributed by atoms with Gasteiger partial charge in [0.05, 0.1) is 6.54 Å². The molecule has 1 unspecified atom stereocenters. The number of nitrogens with one attached hydrogen (secondary N) is 2. The zero-order valence-electron chi connectivity index (χ0n) is 19.3. The van der Waals surface area contributed by atoms with Gasteiger partial charge in [-0.25, -0.2) is 9.18 Å². The number of nitrogens with zero attached hydrogens (tertiary/aromatic N) is 2. The smallest absolute Gasteiger partial charge is 0.325 e. The quantitative estimate of drug-likeness (QED) is 0.518. The Kier molecular flexibility index (Phi) is 9.20. The largest absolute Gasteiger partial charge is 0.359 e. The highest BCUT2D eigenvalue weighted by Crippen LogP contribution is 2.27. The fourth-order valence-corrected chi connectivity index (χ4v) is 4.13. The Labute approximate surface area is 198 Å². The monoisotopic (exact) mass is 466 g/mol. The molecule has 0 bridgehead atoms. The first-order valence-electron chi connectivity index (χ1n) is 11.5. The number of aldehydes is 1. The van der Waals surface area contributed by atoms with Crippen molar-refractivity contribution in [2.75, 3.05) is 11.9 Å². The zero-order chi connectivity index (χ0) is 24.3. The van der Waals surface area contributed by atoms with Gasteiger partial charge in [0, 0.05) is 31.2 Å². The lowest BCUT2D eigenvalue weighted by atomic mass is 9.94. The van der Waals surface area contributed by atoms with Crippen molar-refractivity contribution in [3.8, 4) is 0 Å². The van der Waals surface area contributed by atoms with Crippen molar-refractivity contribution in [1.82, 2.24) is 14.9 Å². The molecule has 0 spiro atoms. The van der Waals surface area contributed by atoms with Gasteiger partial charge < -0.3 is 20.0 Å². The number of hydrogen-bond acceptors (Lipinski definition) is 4. The molecule has 1 aliphatic rings. The highest BCUT2D eigenvalue weighted by molar-refractivity contribution is 5.86. The summed E-state index contributed by atoms with van der Waals surface area (Å²) in [6, 6.07) is 15.8. The van der Waals surface area contributed by atoms with E-state index in [0.29, 0.717) is 12.0 Å². The van der Waals surface area contributed by atoms with Crippen LogP contribution in [0.3, 0.4) is 0 Å². The van der Waals surface area contributed by atoms with Gasteiger partial charge in [0.25, 0.3) is 0 Å². The molecule has 7 nitrogen and oxygen atoms in total. The van der Waals surface area contributed by atoms with Crippen LogP contribution < -0.4 is 15.9 Å². The zero-order valence-corrected chi connectivity index (χ0v) is 19.3. The van der Waals surface area contributed by atoms with Gasteiger partial charge in [-0.15, -0.1) is 0 Å². The Morgan fingerprint density at radius 1 is 1.18 bits per heavy atom. The Hall–Kier alpha value is -3.68. The van der Waals surface area contributed by atoms with Crippen LogP contribution in [0.4, 0.5) is 10.1 Å². The minimum Gasteiger partial charge on any atom is -0.359 e. The number of anilines is 1. The summed E-state index contributed by atoms with van der Waals surface area (Å²) in [4.78, 5) is 37.7. The van der Waals surface area contributed by atoms with Crippen molar-refractivity contribution in [1.29, 1.82) is 0 Å². The van der Waals surface area contributed by atoms with Gasteiger partial charge >= 0.3 is 5.69 Å². The van der Waals surface area contributed by atoms with Crippen LogP contribution in [0.2, 0.25) is 0 Å². The van der Waals surface area contributed by atoms with Crippen LogP contribution in [-0.2, 0) is 16.1 Å². The topological polar surface area (TPSA) is 87.2 Å². The van der Waals surface area contributed by atoms with E-state index in [4.69, 9.17) is 0 Å². The minimum atomic E-state index is -0.482. The second kappa shape index (κ2) is 12.5. The standard InChI is InChI=1S/C21H25FN2O.C5H6N2O2/c1-24(19-14-8-11-17(22)15-19)20(16-9-4-2-5-10-16)21(25)23-18-12-6-3-7-13-18;8-4-3-7-2-1-6-5(7)9/h2,4-5,8-11,14-15,18,20H,3,6-7,12-13H2,1H3,(H,23,25);1-2,4H,3H2,(H,6,9). The maximum atomic E-state index is 13.6. The van der Waals surface area contributed by atoms with Crippen molar-refractivity contribution in [3.05, 3.63) is 88.9 Å². The summed E-state index contributed by atoms with van der Waals surface area (Å²) in [5.74, 6) is -0.325. The SMILES string of the molecule is CN(c1cccc(F)c1)C(C(=O)NC1CCCCC1)c1ccccc1.O=CCn1cc[nH]c1=O. The first kappa shape index (κ1) is 25.0. The summed E-state index contributed by atoms with van der Waals surface area (Å²) in [6.07, 6.45) is 9.35. The number of halogens is 1. The van der Waals surface area contributed by atoms with Crippen LogP contribution >= 0.6 is 0 Å². The van der Waals surface area contributed by atoms with E-state index in [1.54, 1.807) is 6.07 Å². The molecule has 34 heavy (non-hydrogen) atoms. The number of likely N-dealkylation sites (N-methyl/N-ethyl adjacent to an activating group) is 1. The first-order valence-corrected chi connectivity index (χ1v) is 11.5. The summed E-state index contributed by atoms with van der Waals surface area (Å²) in [5.41, 5.74) is 1.34.